The molecule has 7 heteroatoms. The lowest BCUT2D eigenvalue weighted by Crippen LogP contribution is -2.19. The van der Waals surface area contributed by atoms with Gasteiger partial charge in [-0.3, -0.25) is 10.1 Å². The maximum absolute atomic E-state index is 12.3. The smallest absolute Gasteiger partial charge is 0.313 e. The summed E-state index contributed by atoms with van der Waals surface area (Å²) in [4.78, 5) is 9.78. The molecule has 0 unspecified atom stereocenters. The number of nitrogens with two attached hydrogens (primary N) is 1. The summed E-state index contributed by atoms with van der Waals surface area (Å²) in [5.41, 5.74) is 4.40. The number of rotatable bonds is 3. The fourth-order valence-electron chi connectivity index (χ4n) is 1.33. The van der Waals surface area contributed by atoms with E-state index >= 15 is 0 Å². The number of nitro groups is 1. The van der Waals surface area contributed by atoms with Crippen LogP contribution in [0, 0.1) is 17.0 Å². The molecule has 0 amide bonds. The number of nitrogens with zero attached hydrogens (tertiary/aromatic N) is 1. The first-order valence-corrected chi connectivity index (χ1v) is 4.36. The summed E-state index contributed by atoms with van der Waals surface area (Å²) >= 11 is 0. The van der Waals surface area contributed by atoms with Gasteiger partial charge in [-0.05, 0) is 6.92 Å². The quantitative estimate of drug-likeness (QED) is 0.615. The van der Waals surface area contributed by atoms with Gasteiger partial charge in [-0.2, -0.15) is 0 Å². The highest BCUT2D eigenvalue weighted by molar-refractivity contribution is 5.56. The van der Waals surface area contributed by atoms with Crippen LogP contribution in [0.3, 0.4) is 0 Å². The molecule has 3 N–H and O–H groups in total. The monoisotopic (exact) mass is 232 g/mol. The fourth-order valence-corrected chi connectivity index (χ4v) is 1.33. The van der Waals surface area contributed by atoms with Gasteiger partial charge in [-0.25, -0.2) is 8.78 Å². The second-order valence-corrected chi connectivity index (χ2v) is 3.29. The normalized spacial score (nSPS) is 12.8. The van der Waals surface area contributed by atoms with E-state index in [1.54, 1.807) is 0 Å². The van der Waals surface area contributed by atoms with Crippen molar-refractivity contribution in [3.8, 4) is 5.75 Å². The van der Waals surface area contributed by atoms with Gasteiger partial charge in [0.2, 0.25) is 0 Å². The van der Waals surface area contributed by atoms with Gasteiger partial charge in [0.1, 0.15) is 0 Å². The molecule has 0 radical (unpaired) electrons. The van der Waals surface area contributed by atoms with E-state index in [0.29, 0.717) is 0 Å². The number of aryl methyl sites for hydroxylation is 1. The van der Waals surface area contributed by atoms with Crippen LogP contribution in [-0.2, 0) is 0 Å². The number of alkyl halides is 2. The van der Waals surface area contributed by atoms with Gasteiger partial charge in [-0.1, -0.05) is 12.1 Å². The van der Waals surface area contributed by atoms with Crippen molar-refractivity contribution in [3.05, 3.63) is 33.4 Å². The molecule has 0 bridgehead atoms. The summed E-state index contributed by atoms with van der Waals surface area (Å²) in [5.74, 6) is -0.794. The number of hydrogen-bond acceptors (Lipinski definition) is 4. The number of hydrogen-bond donors (Lipinski definition) is 2. The van der Waals surface area contributed by atoms with Crippen LogP contribution in [0.15, 0.2) is 12.1 Å². The molecule has 0 spiro atoms. The van der Waals surface area contributed by atoms with E-state index in [2.05, 4.69) is 0 Å². The summed E-state index contributed by atoms with van der Waals surface area (Å²) in [7, 11) is 0. The lowest BCUT2D eigenvalue weighted by atomic mass is 10.0. The predicted molar refractivity (Wildman–Crippen MR) is 52.4 cm³/mol. The molecule has 0 saturated carbocycles. The summed E-state index contributed by atoms with van der Waals surface area (Å²) in [6, 6.07) is 0.698. The number of nitro benzene ring substituents is 1. The maximum atomic E-state index is 12.3. The molecule has 0 aliphatic carbocycles. The van der Waals surface area contributed by atoms with Crippen molar-refractivity contribution in [1.29, 1.82) is 0 Å². The van der Waals surface area contributed by atoms with Crippen molar-refractivity contribution in [2.75, 3.05) is 0 Å². The standard InChI is InChI=1S/C9H10F2N2O3/c1-4-2-3-5(6(12)9(10)11)8(14)7(4)13(15)16/h2-3,6,9,14H,12H2,1H3/t6-/m0/s1. The second kappa shape index (κ2) is 4.40. The molecular formula is C9H10F2N2O3. The average molecular weight is 232 g/mol. The van der Waals surface area contributed by atoms with Crippen LogP contribution < -0.4 is 5.73 Å². The number of aromatic hydroxyl groups is 1. The molecule has 0 aliphatic heterocycles. The Morgan fingerprint density at radius 3 is 2.50 bits per heavy atom. The van der Waals surface area contributed by atoms with E-state index in [0.717, 1.165) is 6.07 Å². The minimum atomic E-state index is -2.90. The Labute approximate surface area is 89.6 Å². The van der Waals surface area contributed by atoms with Crippen LogP contribution >= 0.6 is 0 Å². The zero-order valence-electron chi connectivity index (χ0n) is 8.35. The topological polar surface area (TPSA) is 89.4 Å². The van der Waals surface area contributed by atoms with Gasteiger partial charge in [0.15, 0.2) is 5.75 Å². The van der Waals surface area contributed by atoms with Crippen LogP contribution in [-0.4, -0.2) is 16.5 Å². The van der Waals surface area contributed by atoms with Crippen molar-refractivity contribution in [2.24, 2.45) is 5.73 Å². The van der Waals surface area contributed by atoms with Crippen LogP contribution in [0.2, 0.25) is 0 Å². The van der Waals surface area contributed by atoms with Gasteiger partial charge in [0, 0.05) is 11.1 Å². The van der Waals surface area contributed by atoms with Gasteiger partial charge in [-0.15, -0.1) is 0 Å². The molecule has 0 heterocycles. The summed E-state index contributed by atoms with van der Waals surface area (Å²) in [6.45, 7) is 1.40. The molecule has 1 aromatic carbocycles. The Hall–Kier alpha value is -1.76. The minimum Gasteiger partial charge on any atom is -0.502 e. The maximum Gasteiger partial charge on any atom is 0.313 e. The predicted octanol–water partition coefficient (Wildman–Crippen LogP) is 1.87. The Balaban J connectivity index is 3.34. The number of halogens is 2. The van der Waals surface area contributed by atoms with E-state index in [1.165, 1.54) is 13.0 Å². The van der Waals surface area contributed by atoms with Crippen LogP contribution in [0.5, 0.6) is 5.75 Å². The molecule has 0 aliphatic rings. The Morgan fingerprint density at radius 1 is 1.50 bits per heavy atom. The van der Waals surface area contributed by atoms with Crippen molar-refractivity contribution in [2.45, 2.75) is 19.4 Å². The third kappa shape index (κ3) is 2.08. The summed E-state index contributed by atoms with van der Waals surface area (Å²) < 4.78 is 24.6. The van der Waals surface area contributed by atoms with E-state index in [4.69, 9.17) is 5.73 Å². The molecule has 0 saturated heterocycles. The van der Waals surface area contributed by atoms with Crippen LogP contribution in [0.25, 0.3) is 0 Å². The lowest BCUT2D eigenvalue weighted by Gasteiger charge is -2.13. The highest BCUT2D eigenvalue weighted by Crippen LogP contribution is 2.36. The first-order chi connectivity index (χ1) is 7.36. The van der Waals surface area contributed by atoms with Crippen LogP contribution in [0.1, 0.15) is 17.2 Å². The summed E-state index contributed by atoms with van der Waals surface area (Å²) in [6.07, 6.45) is -2.90. The molecule has 0 aromatic heterocycles. The largest absolute Gasteiger partial charge is 0.502 e. The third-order valence-corrected chi connectivity index (χ3v) is 2.20. The molecule has 1 rings (SSSR count). The minimum absolute atomic E-state index is 0.188. The Morgan fingerprint density at radius 2 is 2.06 bits per heavy atom. The number of benzene rings is 1. The van der Waals surface area contributed by atoms with E-state index in [1.807, 2.05) is 0 Å². The van der Waals surface area contributed by atoms with E-state index < -0.39 is 28.8 Å². The first kappa shape index (κ1) is 12.3. The average Bonchev–Trinajstić information content (AvgIpc) is 2.16. The van der Waals surface area contributed by atoms with Gasteiger partial charge in [0.05, 0.1) is 11.0 Å². The molecular weight excluding hydrogens is 222 g/mol. The molecule has 5 nitrogen and oxygen atoms in total. The van der Waals surface area contributed by atoms with Crippen LogP contribution in [0.4, 0.5) is 14.5 Å². The Kier molecular flexibility index (Phi) is 3.38. The lowest BCUT2D eigenvalue weighted by molar-refractivity contribution is -0.386. The fraction of sp³-hybridized carbons (Fsp3) is 0.333. The third-order valence-electron chi connectivity index (χ3n) is 2.20. The highest BCUT2D eigenvalue weighted by atomic mass is 19.3. The van der Waals surface area contributed by atoms with E-state index in [9.17, 15) is 24.0 Å². The first-order valence-electron chi connectivity index (χ1n) is 4.36. The Bertz CT molecular complexity index is 423. The van der Waals surface area contributed by atoms with Gasteiger partial charge in [0.25, 0.3) is 6.43 Å². The van der Waals surface area contributed by atoms with Crippen molar-refractivity contribution < 1.29 is 18.8 Å². The van der Waals surface area contributed by atoms with E-state index in [-0.39, 0.29) is 11.1 Å². The number of phenolic OH excluding ortho intramolecular Hbond substituents is 1. The van der Waals surface area contributed by atoms with Crippen molar-refractivity contribution >= 4 is 5.69 Å². The molecule has 88 valence electrons. The van der Waals surface area contributed by atoms with Gasteiger partial charge >= 0.3 is 5.69 Å². The van der Waals surface area contributed by atoms with Crippen molar-refractivity contribution in [1.82, 2.24) is 0 Å². The highest BCUT2D eigenvalue weighted by Gasteiger charge is 2.27. The van der Waals surface area contributed by atoms with Gasteiger partial charge < -0.3 is 10.8 Å². The number of phenols is 1. The molecule has 1 atom stereocenters. The zero-order chi connectivity index (χ0) is 12.5. The molecule has 16 heavy (non-hydrogen) atoms. The summed E-state index contributed by atoms with van der Waals surface area (Å²) in [5, 5.41) is 20.1. The SMILES string of the molecule is Cc1ccc([C@H](N)C(F)F)c(O)c1[N+](=O)[O-]. The zero-order valence-corrected chi connectivity index (χ0v) is 8.35. The molecule has 1 aromatic rings. The van der Waals surface area contributed by atoms with Crippen molar-refractivity contribution in [3.63, 3.8) is 0 Å². The second-order valence-electron chi connectivity index (χ2n) is 3.29. The molecule has 0 fully saturated rings.